The van der Waals surface area contributed by atoms with Crippen molar-refractivity contribution >= 4 is 16.0 Å². The smallest absolute Gasteiger partial charge is 0.310 e. The third-order valence-electron chi connectivity index (χ3n) is 4.82. The maximum absolute atomic E-state index is 13.2. The molecule has 7 heteroatoms. The highest BCUT2D eigenvalue weighted by atomic mass is 32.2. The molecule has 27 heavy (non-hydrogen) atoms. The highest BCUT2D eigenvalue weighted by molar-refractivity contribution is 7.89. The number of carbonyl (C=O) groups excluding carboxylic acids is 1. The van der Waals surface area contributed by atoms with E-state index in [1.807, 2.05) is 36.4 Å². The van der Waals surface area contributed by atoms with E-state index < -0.39 is 21.9 Å². The Morgan fingerprint density at radius 2 is 1.89 bits per heavy atom. The lowest BCUT2D eigenvalue weighted by Gasteiger charge is -2.36. The summed E-state index contributed by atoms with van der Waals surface area (Å²) < 4.78 is 32.5. The maximum Gasteiger partial charge on any atom is 0.310 e. The van der Waals surface area contributed by atoms with Crippen LogP contribution < -0.4 is 0 Å². The van der Waals surface area contributed by atoms with Gasteiger partial charge in [-0.05, 0) is 36.1 Å². The molecule has 2 unspecified atom stereocenters. The number of ether oxygens (including phenoxy) is 1. The first-order chi connectivity index (χ1) is 13.0. The second kappa shape index (κ2) is 7.91. The van der Waals surface area contributed by atoms with Crippen molar-refractivity contribution in [2.24, 2.45) is 5.92 Å². The first kappa shape index (κ1) is 19.1. The lowest BCUT2D eigenvalue weighted by Crippen LogP contribution is -2.45. The fourth-order valence-corrected chi connectivity index (χ4v) is 5.01. The second-order valence-electron chi connectivity index (χ2n) is 6.53. The molecule has 0 aromatic heterocycles. The molecule has 2 aromatic rings. The van der Waals surface area contributed by atoms with Gasteiger partial charge in [0.05, 0.1) is 29.6 Å². The van der Waals surface area contributed by atoms with Crippen LogP contribution in [0.2, 0.25) is 0 Å². The molecule has 1 saturated heterocycles. The van der Waals surface area contributed by atoms with Gasteiger partial charge in [-0.25, -0.2) is 8.42 Å². The first-order valence-electron chi connectivity index (χ1n) is 8.58. The Bertz CT molecular complexity index is 967. The summed E-state index contributed by atoms with van der Waals surface area (Å²) in [4.78, 5) is 12.2. The summed E-state index contributed by atoms with van der Waals surface area (Å²) in [5.41, 5.74) is 1.26. The molecule has 1 heterocycles. The molecule has 2 aromatic carbocycles. The minimum atomic E-state index is -3.84. The lowest BCUT2D eigenvalue weighted by atomic mass is 9.85. The van der Waals surface area contributed by atoms with E-state index in [9.17, 15) is 13.2 Å². The minimum absolute atomic E-state index is 0.0545. The van der Waals surface area contributed by atoms with Gasteiger partial charge < -0.3 is 4.74 Å². The maximum atomic E-state index is 13.2. The van der Waals surface area contributed by atoms with E-state index in [-0.39, 0.29) is 29.5 Å². The van der Waals surface area contributed by atoms with Crippen molar-refractivity contribution in [3.05, 3.63) is 65.7 Å². The summed E-state index contributed by atoms with van der Waals surface area (Å²) in [5.74, 6) is -1.07. The van der Waals surface area contributed by atoms with E-state index in [0.717, 1.165) is 5.56 Å². The number of nitrogens with zero attached hydrogens (tertiary/aromatic N) is 2. The standard InChI is InChI=1S/C20H20N2O4S/c1-26-20(23)18-11-17(16-7-3-2-4-8-16)13-22(14-18)27(24,25)19-9-5-6-15(10-19)12-21/h2-10,17-18H,11,13-14H2,1H3. The molecule has 140 valence electrons. The topological polar surface area (TPSA) is 87.5 Å². The van der Waals surface area contributed by atoms with Gasteiger partial charge in [-0.2, -0.15) is 9.57 Å². The molecule has 1 aliphatic rings. The molecule has 0 aliphatic carbocycles. The van der Waals surface area contributed by atoms with Gasteiger partial charge in [0.1, 0.15) is 0 Å². The normalized spacial score (nSPS) is 20.6. The number of esters is 1. The van der Waals surface area contributed by atoms with Crippen molar-refractivity contribution in [3.63, 3.8) is 0 Å². The van der Waals surface area contributed by atoms with E-state index >= 15 is 0 Å². The fourth-order valence-electron chi connectivity index (χ4n) is 3.43. The zero-order chi connectivity index (χ0) is 19.4. The van der Waals surface area contributed by atoms with Gasteiger partial charge >= 0.3 is 5.97 Å². The molecule has 0 bridgehead atoms. The second-order valence-corrected chi connectivity index (χ2v) is 8.46. The van der Waals surface area contributed by atoms with Gasteiger partial charge in [-0.1, -0.05) is 36.4 Å². The van der Waals surface area contributed by atoms with Crippen LogP contribution in [0.15, 0.2) is 59.5 Å². The van der Waals surface area contributed by atoms with E-state index in [1.54, 1.807) is 12.1 Å². The molecular formula is C20H20N2O4S. The third kappa shape index (κ3) is 4.02. The molecule has 1 fully saturated rings. The van der Waals surface area contributed by atoms with E-state index in [1.165, 1.54) is 23.5 Å². The zero-order valence-corrected chi connectivity index (χ0v) is 15.7. The molecule has 0 spiro atoms. The Hall–Kier alpha value is -2.69. The van der Waals surface area contributed by atoms with E-state index in [0.29, 0.717) is 6.42 Å². The number of hydrogen-bond acceptors (Lipinski definition) is 5. The summed E-state index contributed by atoms with van der Waals surface area (Å²) in [6.45, 7) is 0.339. The number of piperidine rings is 1. The first-order valence-corrected chi connectivity index (χ1v) is 10.0. The van der Waals surface area contributed by atoms with Gasteiger partial charge in [-0.3, -0.25) is 4.79 Å². The van der Waals surface area contributed by atoms with E-state index in [2.05, 4.69) is 0 Å². The number of carbonyl (C=O) groups is 1. The van der Waals surface area contributed by atoms with Crippen LogP contribution in [0, 0.1) is 17.2 Å². The third-order valence-corrected chi connectivity index (χ3v) is 6.65. The van der Waals surface area contributed by atoms with Crippen molar-refractivity contribution < 1.29 is 17.9 Å². The largest absolute Gasteiger partial charge is 0.469 e. The quantitative estimate of drug-likeness (QED) is 0.756. The molecule has 0 N–H and O–H groups in total. The molecule has 0 radical (unpaired) electrons. The molecule has 3 rings (SSSR count). The monoisotopic (exact) mass is 384 g/mol. The Kier molecular flexibility index (Phi) is 5.59. The van der Waals surface area contributed by atoms with Crippen LogP contribution >= 0.6 is 0 Å². The molecule has 6 nitrogen and oxygen atoms in total. The summed E-state index contributed by atoms with van der Waals surface area (Å²) in [6.07, 6.45) is 0.529. The Labute approximate surface area is 159 Å². The highest BCUT2D eigenvalue weighted by Gasteiger charge is 2.38. The fraction of sp³-hybridized carbons (Fsp3) is 0.300. The summed E-state index contributed by atoms with van der Waals surface area (Å²) >= 11 is 0. The van der Waals surface area contributed by atoms with Crippen LogP contribution in [0.3, 0.4) is 0 Å². The van der Waals surface area contributed by atoms with Crippen LogP contribution in [0.25, 0.3) is 0 Å². The number of sulfonamides is 1. The lowest BCUT2D eigenvalue weighted by molar-refractivity contribution is -0.146. The summed E-state index contributed by atoms with van der Waals surface area (Å²) in [5, 5.41) is 9.06. The van der Waals surface area contributed by atoms with Crippen LogP contribution in [-0.2, 0) is 19.6 Å². The highest BCUT2D eigenvalue weighted by Crippen LogP contribution is 2.33. The average Bonchev–Trinajstić information content (AvgIpc) is 2.73. The average molecular weight is 384 g/mol. The van der Waals surface area contributed by atoms with E-state index in [4.69, 9.17) is 10.00 Å². The molecule has 2 atom stereocenters. The number of benzene rings is 2. The van der Waals surface area contributed by atoms with Crippen molar-refractivity contribution in [1.29, 1.82) is 5.26 Å². The van der Waals surface area contributed by atoms with Crippen molar-refractivity contribution in [1.82, 2.24) is 4.31 Å². The molecular weight excluding hydrogens is 364 g/mol. The number of rotatable bonds is 4. The van der Waals surface area contributed by atoms with Crippen LogP contribution in [0.5, 0.6) is 0 Å². The number of methoxy groups -OCH3 is 1. The molecule has 0 amide bonds. The number of nitriles is 1. The number of hydrogen-bond donors (Lipinski definition) is 0. The molecule has 0 saturated carbocycles. The Morgan fingerprint density at radius 1 is 1.15 bits per heavy atom. The van der Waals surface area contributed by atoms with Gasteiger partial charge in [0.2, 0.25) is 10.0 Å². The summed E-state index contributed by atoms with van der Waals surface area (Å²) in [7, 11) is -2.53. The molecule has 1 aliphatic heterocycles. The van der Waals surface area contributed by atoms with Gasteiger partial charge in [0.15, 0.2) is 0 Å². The van der Waals surface area contributed by atoms with Crippen molar-refractivity contribution in [2.75, 3.05) is 20.2 Å². The van der Waals surface area contributed by atoms with Crippen LogP contribution in [0.4, 0.5) is 0 Å². The SMILES string of the molecule is COC(=O)C1CC(c2ccccc2)CN(S(=O)(=O)c2cccc(C#N)c2)C1. The zero-order valence-electron chi connectivity index (χ0n) is 14.9. The Balaban J connectivity index is 1.97. The summed E-state index contributed by atoms with van der Waals surface area (Å²) in [6, 6.07) is 17.4. The minimum Gasteiger partial charge on any atom is -0.469 e. The predicted octanol–water partition coefficient (Wildman–Crippen LogP) is 2.53. The van der Waals surface area contributed by atoms with Gasteiger partial charge in [0.25, 0.3) is 0 Å². The van der Waals surface area contributed by atoms with Gasteiger partial charge in [0, 0.05) is 13.1 Å². The van der Waals surface area contributed by atoms with Crippen LogP contribution in [0.1, 0.15) is 23.5 Å². The van der Waals surface area contributed by atoms with Crippen molar-refractivity contribution in [3.8, 4) is 6.07 Å². The Morgan fingerprint density at radius 3 is 2.56 bits per heavy atom. The van der Waals surface area contributed by atoms with Gasteiger partial charge in [-0.15, -0.1) is 0 Å². The van der Waals surface area contributed by atoms with Crippen LogP contribution in [-0.4, -0.2) is 38.9 Å². The van der Waals surface area contributed by atoms with Crippen molar-refractivity contribution in [2.45, 2.75) is 17.2 Å². The predicted molar refractivity (Wildman–Crippen MR) is 99.2 cm³/mol.